The molecule has 152 valence electrons. The molecule has 1 rings (SSSR count). The van der Waals surface area contributed by atoms with Crippen LogP contribution in [0.1, 0.15) is 39.2 Å². The maximum absolute atomic E-state index is 12.5. The standard InChI is InChI=1S/C20H27N3O5/c1-13(2)9-16(18(24)22-17(19(25)26)10-14(3)11-21)23-20(27)28-12-15-7-5-4-6-8-15/h4-8,13-14,16-17H,9-10,12H2,1-3H3,(H,22,24)(H,23,27)(H,25,26)/t14-,16-,17+/m0/s1. The summed E-state index contributed by atoms with van der Waals surface area (Å²) in [6.07, 6.45) is -0.474. The van der Waals surface area contributed by atoms with Gasteiger partial charge >= 0.3 is 12.1 Å². The number of carboxylic acids is 1. The summed E-state index contributed by atoms with van der Waals surface area (Å²) in [7, 11) is 0. The van der Waals surface area contributed by atoms with Gasteiger partial charge in [0.05, 0.1) is 6.07 Å². The molecule has 1 aromatic rings. The van der Waals surface area contributed by atoms with Gasteiger partial charge in [0, 0.05) is 5.92 Å². The van der Waals surface area contributed by atoms with Crippen molar-refractivity contribution in [2.75, 3.05) is 0 Å². The number of carboxylic acid groups (broad SMARTS) is 1. The number of alkyl carbamates (subject to hydrolysis) is 1. The molecular formula is C20H27N3O5. The Morgan fingerprint density at radius 2 is 1.71 bits per heavy atom. The molecule has 1 aromatic carbocycles. The topological polar surface area (TPSA) is 129 Å². The van der Waals surface area contributed by atoms with E-state index in [9.17, 15) is 19.5 Å². The Labute approximate surface area is 164 Å². The second-order valence-corrected chi connectivity index (χ2v) is 7.05. The van der Waals surface area contributed by atoms with Gasteiger partial charge < -0.3 is 20.5 Å². The van der Waals surface area contributed by atoms with Crippen molar-refractivity contribution in [2.24, 2.45) is 11.8 Å². The van der Waals surface area contributed by atoms with Gasteiger partial charge in [-0.2, -0.15) is 5.26 Å². The average molecular weight is 389 g/mol. The summed E-state index contributed by atoms with van der Waals surface area (Å²) in [6, 6.07) is 8.89. The van der Waals surface area contributed by atoms with Crippen LogP contribution in [0.2, 0.25) is 0 Å². The molecule has 0 aliphatic rings. The number of hydrogen-bond donors (Lipinski definition) is 3. The van der Waals surface area contributed by atoms with Gasteiger partial charge in [-0.25, -0.2) is 9.59 Å². The molecule has 0 saturated carbocycles. The third kappa shape index (κ3) is 8.54. The number of benzene rings is 1. The van der Waals surface area contributed by atoms with Crippen molar-refractivity contribution >= 4 is 18.0 Å². The molecule has 0 saturated heterocycles. The van der Waals surface area contributed by atoms with Gasteiger partial charge in [-0.3, -0.25) is 4.79 Å². The molecule has 0 unspecified atom stereocenters. The highest BCUT2D eigenvalue weighted by atomic mass is 16.5. The van der Waals surface area contributed by atoms with E-state index in [1.54, 1.807) is 19.1 Å². The van der Waals surface area contributed by atoms with E-state index in [0.29, 0.717) is 6.42 Å². The zero-order valence-corrected chi connectivity index (χ0v) is 16.3. The lowest BCUT2D eigenvalue weighted by molar-refractivity contribution is -0.142. The van der Waals surface area contributed by atoms with Crippen molar-refractivity contribution < 1.29 is 24.2 Å². The molecule has 28 heavy (non-hydrogen) atoms. The molecule has 0 aliphatic carbocycles. The van der Waals surface area contributed by atoms with E-state index in [1.807, 2.05) is 38.1 Å². The molecule has 0 aromatic heterocycles. The number of carbonyl (C=O) groups is 3. The third-order valence-electron chi connectivity index (χ3n) is 3.95. The number of nitrogens with one attached hydrogen (secondary N) is 2. The predicted molar refractivity (Wildman–Crippen MR) is 102 cm³/mol. The fourth-order valence-electron chi connectivity index (χ4n) is 2.51. The number of ether oxygens (including phenoxy) is 1. The van der Waals surface area contributed by atoms with E-state index < -0.39 is 36.0 Å². The van der Waals surface area contributed by atoms with Crippen molar-refractivity contribution in [3.8, 4) is 6.07 Å². The molecule has 0 heterocycles. The molecule has 0 bridgehead atoms. The SMILES string of the molecule is CC(C)C[C@H](NC(=O)OCc1ccccc1)C(=O)N[C@H](C[C@H](C)C#N)C(=O)O. The van der Waals surface area contributed by atoms with E-state index in [1.165, 1.54) is 0 Å². The number of rotatable bonds is 10. The van der Waals surface area contributed by atoms with Crippen molar-refractivity contribution in [3.05, 3.63) is 35.9 Å². The van der Waals surface area contributed by atoms with Gasteiger partial charge in [0.1, 0.15) is 18.7 Å². The summed E-state index contributed by atoms with van der Waals surface area (Å²) in [4.78, 5) is 36.0. The zero-order valence-electron chi connectivity index (χ0n) is 16.3. The van der Waals surface area contributed by atoms with Crippen LogP contribution in [0, 0.1) is 23.2 Å². The zero-order chi connectivity index (χ0) is 21.1. The minimum atomic E-state index is -1.23. The van der Waals surface area contributed by atoms with Gasteiger partial charge in [-0.05, 0) is 31.2 Å². The molecule has 0 fully saturated rings. The van der Waals surface area contributed by atoms with Crippen molar-refractivity contribution in [1.29, 1.82) is 5.26 Å². The van der Waals surface area contributed by atoms with Crippen LogP contribution in [0.4, 0.5) is 4.79 Å². The lowest BCUT2D eigenvalue weighted by Crippen LogP contribution is -2.52. The normalized spacial score (nSPS) is 13.7. The molecule has 8 heteroatoms. The van der Waals surface area contributed by atoms with E-state index in [0.717, 1.165) is 5.56 Å². The summed E-state index contributed by atoms with van der Waals surface area (Å²) >= 11 is 0. The Balaban J connectivity index is 2.71. The van der Waals surface area contributed by atoms with Crippen LogP contribution >= 0.6 is 0 Å². The van der Waals surface area contributed by atoms with Crippen molar-refractivity contribution in [3.63, 3.8) is 0 Å². The van der Waals surface area contributed by atoms with Crippen LogP contribution in [0.25, 0.3) is 0 Å². The molecule has 2 amide bonds. The third-order valence-corrected chi connectivity index (χ3v) is 3.95. The number of hydrogen-bond acceptors (Lipinski definition) is 5. The van der Waals surface area contributed by atoms with Gasteiger partial charge in [-0.1, -0.05) is 44.2 Å². The minimum absolute atomic E-state index is 0.0234. The Hall–Kier alpha value is -3.08. The summed E-state index contributed by atoms with van der Waals surface area (Å²) in [5.74, 6) is -2.31. The average Bonchev–Trinajstić information content (AvgIpc) is 2.65. The van der Waals surface area contributed by atoms with Crippen LogP contribution < -0.4 is 10.6 Å². The van der Waals surface area contributed by atoms with Crippen molar-refractivity contribution in [1.82, 2.24) is 10.6 Å². The summed E-state index contributed by atoms with van der Waals surface area (Å²) in [5, 5.41) is 23.1. The van der Waals surface area contributed by atoms with Crippen LogP contribution in [-0.2, 0) is 20.9 Å². The summed E-state index contributed by atoms with van der Waals surface area (Å²) < 4.78 is 5.14. The van der Waals surface area contributed by atoms with Gasteiger partial charge in [0.15, 0.2) is 0 Å². The van der Waals surface area contributed by atoms with Crippen LogP contribution in [0.15, 0.2) is 30.3 Å². The monoisotopic (exact) mass is 389 g/mol. The highest BCUT2D eigenvalue weighted by Gasteiger charge is 2.28. The molecule has 0 radical (unpaired) electrons. The first-order valence-corrected chi connectivity index (χ1v) is 9.13. The van der Waals surface area contributed by atoms with E-state index in [-0.39, 0.29) is 18.9 Å². The fraction of sp³-hybridized carbons (Fsp3) is 0.500. The van der Waals surface area contributed by atoms with Gasteiger partial charge in [0.25, 0.3) is 0 Å². The smallest absolute Gasteiger partial charge is 0.408 e. The van der Waals surface area contributed by atoms with Crippen LogP contribution in [0.3, 0.4) is 0 Å². The highest BCUT2D eigenvalue weighted by Crippen LogP contribution is 2.09. The largest absolute Gasteiger partial charge is 0.480 e. The lowest BCUT2D eigenvalue weighted by atomic mass is 10.0. The first-order valence-electron chi connectivity index (χ1n) is 9.13. The quantitative estimate of drug-likeness (QED) is 0.564. The van der Waals surface area contributed by atoms with Crippen LogP contribution in [0.5, 0.6) is 0 Å². The summed E-state index contributed by atoms with van der Waals surface area (Å²) in [6.45, 7) is 5.39. The van der Waals surface area contributed by atoms with Gasteiger partial charge in [0.2, 0.25) is 5.91 Å². The number of aliphatic carboxylic acids is 1. The maximum atomic E-state index is 12.5. The van der Waals surface area contributed by atoms with E-state index >= 15 is 0 Å². The Kier molecular flexibility index (Phi) is 9.51. The van der Waals surface area contributed by atoms with Gasteiger partial charge in [-0.15, -0.1) is 0 Å². The minimum Gasteiger partial charge on any atom is -0.480 e. The fourth-order valence-corrected chi connectivity index (χ4v) is 2.51. The Bertz CT molecular complexity index is 700. The Morgan fingerprint density at radius 3 is 2.25 bits per heavy atom. The molecule has 8 nitrogen and oxygen atoms in total. The van der Waals surface area contributed by atoms with E-state index in [4.69, 9.17) is 10.00 Å². The molecule has 0 spiro atoms. The molecular weight excluding hydrogens is 362 g/mol. The molecule has 0 aliphatic heterocycles. The molecule has 3 N–H and O–H groups in total. The predicted octanol–water partition coefficient (Wildman–Crippen LogP) is 2.45. The number of nitrogens with zero attached hydrogens (tertiary/aromatic N) is 1. The summed E-state index contributed by atoms with van der Waals surface area (Å²) in [5.41, 5.74) is 0.805. The first kappa shape index (κ1) is 23.0. The van der Waals surface area contributed by atoms with Crippen LogP contribution in [-0.4, -0.2) is 35.2 Å². The van der Waals surface area contributed by atoms with Crippen molar-refractivity contribution in [2.45, 2.75) is 52.3 Å². The second-order valence-electron chi connectivity index (χ2n) is 7.05. The number of nitriles is 1. The highest BCUT2D eigenvalue weighted by molar-refractivity contribution is 5.89. The number of amides is 2. The maximum Gasteiger partial charge on any atom is 0.408 e. The second kappa shape index (κ2) is 11.6. The first-order chi connectivity index (χ1) is 13.2. The number of carbonyl (C=O) groups excluding carboxylic acids is 2. The molecule has 3 atom stereocenters. The lowest BCUT2D eigenvalue weighted by Gasteiger charge is -2.23. The van der Waals surface area contributed by atoms with E-state index in [2.05, 4.69) is 10.6 Å². The Morgan fingerprint density at radius 1 is 1.07 bits per heavy atom.